The summed E-state index contributed by atoms with van der Waals surface area (Å²) in [6, 6.07) is 24.5. The van der Waals surface area contributed by atoms with E-state index in [-0.39, 0.29) is 11.8 Å². The number of nitrogens with zero attached hydrogens (tertiary/aromatic N) is 2. The predicted octanol–water partition coefficient (Wildman–Crippen LogP) is 4.63. The fraction of sp³-hybridized carbons (Fsp3) is 0.200. The van der Waals surface area contributed by atoms with Crippen molar-refractivity contribution in [1.29, 1.82) is 0 Å². The SMILES string of the molecule is O=C(c1ccc(COc2ccccc2)cc1)N1CCN(C(=O)c2cccc(Br)c2)CC1. The first kappa shape index (κ1) is 21.1. The van der Waals surface area contributed by atoms with Crippen molar-refractivity contribution in [2.45, 2.75) is 6.61 Å². The summed E-state index contributed by atoms with van der Waals surface area (Å²) in [6.45, 7) is 2.56. The summed E-state index contributed by atoms with van der Waals surface area (Å²) in [7, 11) is 0. The average molecular weight is 479 g/mol. The highest BCUT2D eigenvalue weighted by molar-refractivity contribution is 9.10. The minimum Gasteiger partial charge on any atom is -0.489 e. The fourth-order valence-corrected chi connectivity index (χ4v) is 3.93. The fourth-order valence-electron chi connectivity index (χ4n) is 3.53. The van der Waals surface area contributed by atoms with Crippen LogP contribution >= 0.6 is 15.9 Å². The first-order chi connectivity index (χ1) is 15.1. The Labute approximate surface area is 190 Å². The smallest absolute Gasteiger partial charge is 0.254 e. The van der Waals surface area contributed by atoms with Crippen LogP contribution in [0.5, 0.6) is 5.75 Å². The van der Waals surface area contributed by atoms with Crippen molar-refractivity contribution in [3.63, 3.8) is 0 Å². The van der Waals surface area contributed by atoms with Crippen LogP contribution < -0.4 is 4.74 Å². The van der Waals surface area contributed by atoms with Gasteiger partial charge in [0, 0.05) is 41.8 Å². The molecular weight excluding hydrogens is 456 g/mol. The third-order valence-corrected chi connectivity index (χ3v) is 5.77. The average Bonchev–Trinajstić information content (AvgIpc) is 2.83. The van der Waals surface area contributed by atoms with Crippen molar-refractivity contribution < 1.29 is 14.3 Å². The van der Waals surface area contributed by atoms with Crippen LogP contribution in [0.2, 0.25) is 0 Å². The normalized spacial score (nSPS) is 13.7. The van der Waals surface area contributed by atoms with Gasteiger partial charge in [0.05, 0.1) is 0 Å². The molecule has 0 spiro atoms. The first-order valence-corrected chi connectivity index (χ1v) is 11.0. The molecule has 5 nitrogen and oxygen atoms in total. The Hall–Kier alpha value is -3.12. The molecule has 31 heavy (non-hydrogen) atoms. The Balaban J connectivity index is 1.30. The van der Waals surface area contributed by atoms with Gasteiger partial charge in [-0.1, -0.05) is 52.3 Å². The molecule has 6 heteroatoms. The second kappa shape index (κ2) is 9.79. The Bertz CT molecular complexity index is 1050. The molecule has 1 saturated heterocycles. The quantitative estimate of drug-likeness (QED) is 0.537. The van der Waals surface area contributed by atoms with E-state index in [1.54, 1.807) is 9.80 Å². The molecule has 158 valence electrons. The largest absolute Gasteiger partial charge is 0.489 e. The lowest BCUT2D eigenvalue weighted by molar-refractivity contribution is 0.0535. The van der Waals surface area contributed by atoms with Crippen LogP contribution in [0.1, 0.15) is 26.3 Å². The molecule has 4 rings (SSSR count). The van der Waals surface area contributed by atoms with Gasteiger partial charge in [-0.3, -0.25) is 9.59 Å². The Morgan fingerprint density at radius 3 is 1.97 bits per heavy atom. The second-order valence-corrected chi connectivity index (χ2v) is 8.31. The van der Waals surface area contributed by atoms with Crippen molar-refractivity contribution in [3.8, 4) is 5.75 Å². The number of piperazine rings is 1. The molecular formula is C25H23BrN2O3. The highest BCUT2D eigenvalue weighted by Gasteiger charge is 2.25. The lowest BCUT2D eigenvalue weighted by atomic mass is 10.1. The van der Waals surface area contributed by atoms with E-state index in [0.717, 1.165) is 15.8 Å². The van der Waals surface area contributed by atoms with Crippen LogP contribution in [-0.2, 0) is 6.61 Å². The number of hydrogen-bond acceptors (Lipinski definition) is 3. The number of carbonyl (C=O) groups excluding carboxylic acids is 2. The highest BCUT2D eigenvalue weighted by atomic mass is 79.9. The summed E-state index contributed by atoms with van der Waals surface area (Å²) in [5, 5.41) is 0. The van der Waals surface area contributed by atoms with E-state index >= 15 is 0 Å². The zero-order valence-electron chi connectivity index (χ0n) is 17.0. The van der Waals surface area contributed by atoms with Crippen molar-refractivity contribution in [3.05, 3.63) is 100 Å². The van der Waals surface area contributed by atoms with Gasteiger partial charge in [-0.05, 0) is 48.0 Å². The van der Waals surface area contributed by atoms with Gasteiger partial charge < -0.3 is 14.5 Å². The van der Waals surface area contributed by atoms with Gasteiger partial charge in [-0.2, -0.15) is 0 Å². The molecule has 0 bridgehead atoms. The molecule has 0 saturated carbocycles. The molecule has 0 unspecified atom stereocenters. The Morgan fingerprint density at radius 2 is 1.35 bits per heavy atom. The molecule has 2 amide bonds. The second-order valence-electron chi connectivity index (χ2n) is 7.39. The van der Waals surface area contributed by atoms with Crippen LogP contribution in [0, 0.1) is 0 Å². The Kier molecular flexibility index (Phi) is 6.67. The zero-order chi connectivity index (χ0) is 21.6. The summed E-state index contributed by atoms with van der Waals surface area (Å²) in [6.07, 6.45) is 0. The standard InChI is InChI=1S/C25H23BrN2O3/c26-22-6-4-5-21(17-22)25(30)28-15-13-27(14-16-28)24(29)20-11-9-19(10-12-20)18-31-23-7-2-1-3-8-23/h1-12,17H,13-16,18H2. The van der Waals surface area contributed by atoms with E-state index in [1.807, 2.05) is 78.9 Å². The van der Waals surface area contributed by atoms with Crippen LogP contribution in [-0.4, -0.2) is 47.8 Å². The number of ether oxygens (including phenoxy) is 1. The van der Waals surface area contributed by atoms with Crippen molar-refractivity contribution in [2.75, 3.05) is 26.2 Å². The van der Waals surface area contributed by atoms with Gasteiger partial charge in [-0.25, -0.2) is 0 Å². The van der Waals surface area contributed by atoms with Gasteiger partial charge in [-0.15, -0.1) is 0 Å². The molecule has 0 atom stereocenters. The molecule has 1 heterocycles. The number of benzene rings is 3. The number of amides is 2. The molecule has 0 aromatic heterocycles. The molecule has 1 aliphatic rings. The monoisotopic (exact) mass is 478 g/mol. The van der Waals surface area contributed by atoms with Crippen LogP contribution in [0.3, 0.4) is 0 Å². The van der Waals surface area contributed by atoms with E-state index in [4.69, 9.17) is 4.74 Å². The summed E-state index contributed by atoms with van der Waals surface area (Å²) in [4.78, 5) is 29.2. The lowest BCUT2D eigenvalue weighted by Gasteiger charge is -2.35. The van der Waals surface area contributed by atoms with E-state index < -0.39 is 0 Å². The van der Waals surface area contributed by atoms with Crippen LogP contribution in [0.25, 0.3) is 0 Å². The predicted molar refractivity (Wildman–Crippen MR) is 123 cm³/mol. The number of para-hydroxylation sites is 1. The number of hydrogen-bond donors (Lipinski definition) is 0. The number of halogens is 1. The van der Waals surface area contributed by atoms with E-state index in [9.17, 15) is 9.59 Å². The molecule has 0 radical (unpaired) electrons. The van der Waals surface area contributed by atoms with E-state index in [0.29, 0.717) is 43.9 Å². The third-order valence-electron chi connectivity index (χ3n) is 5.28. The van der Waals surface area contributed by atoms with Crippen molar-refractivity contribution in [1.82, 2.24) is 9.80 Å². The van der Waals surface area contributed by atoms with Gasteiger partial charge in [0.25, 0.3) is 11.8 Å². The van der Waals surface area contributed by atoms with Crippen LogP contribution in [0.15, 0.2) is 83.3 Å². The molecule has 0 N–H and O–H groups in total. The lowest BCUT2D eigenvalue weighted by Crippen LogP contribution is -2.50. The van der Waals surface area contributed by atoms with Crippen molar-refractivity contribution in [2.24, 2.45) is 0 Å². The third kappa shape index (κ3) is 5.33. The van der Waals surface area contributed by atoms with E-state index in [2.05, 4.69) is 15.9 Å². The first-order valence-electron chi connectivity index (χ1n) is 10.2. The number of carbonyl (C=O) groups is 2. The Morgan fingerprint density at radius 1 is 0.742 bits per heavy atom. The minimum absolute atomic E-state index is 0.00355. The maximum absolute atomic E-state index is 12.9. The van der Waals surface area contributed by atoms with Gasteiger partial charge >= 0.3 is 0 Å². The molecule has 1 fully saturated rings. The molecule has 3 aromatic carbocycles. The van der Waals surface area contributed by atoms with E-state index in [1.165, 1.54) is 0 Å². The highest BCUT2D eigenvalue weighted by Crippen LogP contribution is 2.17. The maximum atomic E-state index is 12.9. The van der Waals surface area contributed by atoms with Crippen molar-refractivity contribution >= 4 is 27.7 Å². The minimum atomic E-state index is -0.00918. The topological polar surface area (TPSA) is 49.9 Å². The molecule has 1 aliphatic heterocycles. The summed E-state index contributed by atoms with van der Waals surface area (Å²) >= 11 is 3.40. The summed E-state index contributed by atoms with van der Waals surface area (Å²) in [5.41, 5.74) is 2.31. The molecule has 3 aromatic rings. The maximum Gasteiger partial charge on any atom is 0.254 e. The van der Waals surface area contributed by atoms with Gasteiger partial charge in [0.1, 0.15) is 12.4 Å². The number of rotatable bonds is 5. The summed E-state index contributed by atoms with van der Waals surface area (Å²) < 4.78 is 6.63. The van der Waals surface area contributed by atoms with Crippen LogP contribution in [0.4, 0.5) is 0 Å². The molecule has 0 aliphatic carbocycles. The zero-order valence-corrected chi connectivity index (χ0v) is 18.6. The summed E-state index contributed by atoms with van der Waals surface area (Å²) in [5.74, 6) is 0.805. The van der Waals surface area contributed by atoms with Gasteiger partial charge in [0.15, 0.2) is 0 Å². The van der Waals surface area contributed by atoms with Gasteiger partial charge in [0.2, 0.25) is 0 Å².